The van der Waals surface area contributed by atoms with E-state index in [9.17, 15) is 18.3 Å². The molecule has 1 saturated heterocycles. The van der Waals surface area contributed by atoms with Gasteiger partial charge in [-0.25, -0.2) is 8.42 Å². The quantitative estimate of drug-likeness (QED) is 0.844. The van der Waals surface area contributed by atoms with E-state index in [0.29, 0.717) is 25.3 Å². The summed E-state index contributed by atoms with van der Waals surface area (Å²) in [4.78, 5) is 11.2. The highest BCUT2D eigenvalue weighted by atomic mass is 32.2. The first kappa shape index (κ1) is 15.8. The summed E-state index contributed by atoms with van der Waals surface area (Å²) in [5, 5.41) is 9.17. The van der Waals surface area contributed by atoms with Crippen LogP contribution < -0.4 is 0 Å². The van der Waals surface area contributed by atoms with Gasteiger partial charge in [-0.1, -0.05) is 25.7 Å². The second-order valence-electron chi connectivity index (χ2n) is 6.19. The Balaban J connectivity index is 1.98. The van der Waals surface area contributed by atoms with Crippen LogP contribution in [0, 0.1) is 11.8 Å². The fraction of sp³-hybridized carbons (Fsp3) is 0.929. The van der Waals surface area contributed by atoms with Gasteiger partial charge >= 0.3 is 5.97 Å². The Kier molecular flexibility index (Phi) is 5.07. The molecule has 5 nitrogen and oxygen atoms in total. The van der Waals surface area contributed by atoms with Gasteiger partial charge in [-0.2, -0.15) is 4.31 Å². The summed E-state index contributed by atoms with van der Waals surface area (Å²) < 4.78 is 26.3. The lowest BCUT2D eigenvalue weighted by Crippen LogP contribution is -2.49. The average molecular weight is 303 g/mol. The van der Waals surface area contributed by atoms with Crippen molar-refractivity contribution >= 4 is 16.0 Å². The SMILES string of the molecule is C[C@@H]1[C@H](C(=O)O)CCCN1S(=O)(=O)CCC1CCCC1. The molecule has 1 N–H and O–H groups in total. The molecule has 2 aliphatic rings. The van der Waals surface area contributed by atoms with Crippen molar-refractivity contribution in [3.63, 3.8) is 0 Å². The summed E-state index contributed by atoms with van der Waals surface area (Å²) in [6.45, 7) is 2.20. The Bertz CT molecular complexity index is 442. The van der Waals surface area contributed by atoms with Crippen LogP contribution >= 0.6 is 0 Å². The molecule has 2 atom stereocenters. The molecule has 1 heterocycles. The molecular formula is C14H25NO4S. The van der Waals surface area contributed by atoms with Crippen molar-refractivity contribution < 1.29 is 18.3 Å². The predicted molar refractivity (Wildman–Crippen MR) is 76.9 cm³/mol. The first-order valence-corrected chi connectivity index (χ1v) is 9.25. The molecule has 1 saturated carbocycles. The number of carboxylic acid groups (broad SMARTS) is 1. The molecule has 0 aromatic rings. The van der Waals surface area contributed by atoms with Crippen LogP contribution in [-0.2, 0) is 14.8 Å². The number of carbonyl (C=O) groups is 1. The molecule has 0 aromatic carbocycles. The lowest BCUT2D eigenvalue weighted by Gasteiger charge is -2.36. The number of sulfonamides is 1. The number of hydrogen-bond acceptors (Lipinski definition) is 3. The fourth-order valence-electron chi connectivity index (χ4n) is 3.57. The molecule has 2 rings (SSSR count). The third kappa shape index (κ3) is 3.52. The van der Waals surface area contributed by atoms with E-state index in [0.717, 1.165) is 19.3 Å². The third-order valence-corrected chi connectivity index (χ3v) is 6.84. The van der Waals surface area contributed by atoms with Crippen LogP contribution in [0.15, 0.2) is 0 Å². The maximum Gasteiger partial charge on any atom is 0.308 e. The highest BCUT2D eigenvalue weighted by molar-refractivity contribution is 7.89. The van der Waals surface area contributed by atoms with E-state index in [2.05, 4.69) is 0 Å². The largest absolute Gasteiger partial charge is 0.481 e. The van der Waals surface area contributed by atoms with Gasteiger partial charge in [0.25, 0.3) is 0 Å². The van der Waals surface area contributed by atoms with Crippen LogP contribution in [0.4, 0.5) is 0 Å². The molecule has 2 fully saturated rings. The van der Waals surface area contributed by atoms with Gasteiger partial charge in [0.05, 0.1) is 11.7 Å². The van der Waals surface area contributed by atoms with E-state index in [1.165, 1.54) is 17.1 Å². The molecule has 0 spiro atoms. The number of rotatable bonds is 5. The minimum Gasteiger partial charge on any atom is -0.481 e. The van der Waals surface area contributed by atoms with Gasteiger partial charge in [0.2, 0.25) is 10.0 Å². The summed E-state index contributed by atoms with van der Waals surface area (Å²) in [6.07, 6.45) is 6.65. The van der Waals surface area contributed by atoms with E-state index in [4.69, 9.17) is 0 Å². The first-order valence-electron chi connectivity index (χ1n) is 7.64. The van der Waals surface area contributed by atoms with Crippen molar-refractivity contribution in [2.75, 3.05) is 12.3 Å². The van der Waals surface area contributed by atoms with Crippen LogP contribution in [0.2, 0.25) is 0 Å². The van der Waals surface area contributed by atoms with Gasteiger partial charge in [-0.3, -0.25) is 4.79 Å². The lowest BCUT2D eigenvalue weighted by atomic mass is 9.92. The summed E-state index contributed by atoms with van der Waals surface area (Å²) in [5.74, 6) is -0.729. The maximum absolute atomic E-state index is 12.5. The third-order valence-electron chi connectivity index (χ3n) is 4.86. The molecule has 116 valence electrons. The Hall–Kier alpha value is -0.620. The monoisotopic (exact) mass is 303 g/mol. The Labute approximate surface area is 121 Å². The van der Waals surface area contributed by atoms with E-state index in [1.807, 2.05) is 0 Å². The number of hydrogen-bond donors (Lipinski definition) is 1. The first-order chi connectivity index (χ1) is 9.42. The van der Waals surface area contributed by atoms with E-state index in [1.54, 1.807) is 6.92 Å². The molecule has 1 aliphatic carbocycles. The molecule has 0 unspecified atom stereocenters. The van der Waals surface area contributed by atoms with Gasteiger partial charge in [-0.15, -0.1) is 0 Å². The zero-order chi connectivity index (χ0) is 14.8. The van der Waals surface area contributed by atoms with Crippen molar-refractivity contribution in [1.82, 2.24) is 4.31 Å². The maximum atomic E-state index is 12.5. The number of piperidine rings is 1. The predicted octanol–water partition coefficient (Wildman–Crippen LogP) is 2.08. The Morgan fingerprint density at radius 1 is 1.20 bits per heavy atom. The average Bonchev–Trinajstić information content (AvgIpc) is 2.89. The molecule has 0 amide bonds. The highest BCUT2D eigenvalue weighted by Crippen LogP contribution is 2.30. The highest BCUT2D eigenvalue weighted by Gasteiger charge is 2.38. The van der Waals surface area contributed by atoms with Crippen LogP contribution in [0.25, 0.3) is 0 Å². The van der Waals surface area contributed by atoms with Crippen molar-refractivity contribution in [2.45, 2.75) is 57.9 Å². The van der Waals surface area contributed by atoms with Crippen molar-refractivity contribution in [3.8, 4) is 0 Å². The zero-order valence-electron chi connectivity index (χ0n) is 12.1. The van der Waals surface area contributed by atoms with Crippen LogP contribution in [0.1, 0.15) is 51.9 Å². The molecule has 6 heteroatoms. The summed E-state index contributed by atoms with van der Waals surface area (Å²) in [5.41, 5.74) is 0. The minimum absolute atomic E-state index is 0.175. The minimum atomic E-state index is -3.32. The Morgan fingerprint density at radius 3 is 2.45 bits per heavy atom. The van der Waals surface area contributed by atoms with E-state index < -0.39 is 28.0 Å². The number of nitrogens with zero attached hydrogens (tertiary/aromatic N) is 1. The normalized spacial score (nSPS) is 29.6. The van der Waals surface area contributed by atoms with Crippen LogP contribution in [-0.4, -0.2) is 42.1 Å². The van der Waals surface area contributed by atoms with Crippen molar-refractivity contribution in [1.29, 1.82) is 0 Å². The van der Waals surface area contributed by atoms with Gasteiger partial charge in [-0.05, 0) is 32.1 Å². The van der Waals surface area contributed by atoms with Gasteiger partial charge in [0.1, 0.15) is 0 Å². The summed E-state index contributed by atoms with van der Waals surface area (Å²) in [7, 11) is -3.32. The smallest absolute Gasteiger partial charge is 0.308 e. The molecule has 0 bridgehead atoms. The number of carboxylic acids is 1. The van der Waals surface area contributed by atoms with Gasteiger partial charge < -0.3 is 5.11 Å². The van der Waals surface area contributed by atoms with Crippen LogP contribution in [0.5, 0.6) is 0 Å². The molecule has 0 radical (unpaired) electrons. The topological polar surface area (TPSA) is 74.7 Å². The van der Waals surface area contributed by atoms with E-state index in [-0.39, 0.29) is 5.75 Å². The number of aliphatic carboxylic acids is 1. The lowest BCUT2D eigenvalue weighted by molar-refractivity contribution is -0.144. The van der Waals surface area contributed by atoms with Gasteiger partial charge in [0.15, 0.2) is 0 Å². The molecule has 0 aromatic heterocycles. The zero-order valence-corrected chi connectivity index (χ0v) is 12.9. The van der Waals surface area contributed by atoms with E-state index >= 15 is 0 Å². The molecule has 1 aliphatic heterocycles. The Morgan fingerprint density at radius 2 is 1.85 bits per heavy atom. The second kappa shape index (κ2) is 6.43. The molecule has 20 heavy (non-hydrogen) atoms. The summed E-state index contributed by atoms with van der Waals surface area (Å²) >= 11 is 0. The van der Waals surface area contributed by atoms with Gasteiger partial charge in [0, 0.05) is 12.6 Å². The molecular weight excluding hydrogens is 278 g/mol. The fourth-order valence-corrected chi connectivity index (χ4v) is 5.49. The van der Waals surface area contributed by atoms with Crippen molar-refractivity contribution in [2.24, 2.45) is 11.8 Å². The standard InChI is InChI=1S/C14H25NO4S/c1-11-13(14(16)17)7-4-9-15(11)20(18,19)10-8-12-5-2-3-6-12/h11-13H,2-10H2,1H3,(H,16,17)/t11-,13-/m1/s1. The van der Waals surface area contributed by atoms with Crippen molar-refractivity contribution in [3.05, 3.63) is 0 Å². The van der Waals surface area contributed by atoms with Crippen LogP contribution in [0.3, 0.4) is 0 Å². The second-order valence-corrected chi connectivity index (χ2v) is 8.23. The summed E-state index contributed by atoms with van der Waals surface area (Å²) in [6, 6.07) is -0.421.